The van der Waals surface area contributed by atoms with Gasteiger partial charge >= 0.3 is 0 Å². The number of pyridine rings is 1. The number of carbonyl (C=O) groups is 2. The average Bonchev–Trinajstić information content (AvgIpc) is 3.29. The summed E-state index contributed by atoms with van der Waals surface area (Å²) in [5, 5.41) is 5.70. The first-order chi connectivity index (χ1) is 11.7. The molecule has 1 saturated heterocycles. The second kappa shape index (κ2) is 8.13. The Morgan fingerprint density at radius 3 is 2.54 bits per heavy atom. The topological polar surface area (TPSA) is 74.3 Å². The summed E-state index contributed by atoms with van der Waals surface area (Å²) in [5.74, 6) is 1.11. The van der Waals surface area contributed by atoms with Crippen molar-refractivity contribution in [3.05, 3.63) is 18.3 Å². The van der Waals surface area contributed by atoms with Gasteiger partial charge in [-0.1, -0.05) is 12.8 Å². The predicted octanol–water partition coefficient (Wildman–Crippen LogP) is 2.32. The molecular weight excluding hydrogens is 304 g/mol. The van der Waals surface area contributed by atoms with E-state index in [0.717, 1.165) is 44.6 Å². The summed E-state index contributed by atoms with van der Waals surface area (Å²) in [4.78, 5) is 30.5. The monoisotopic (exact) mass is 330 g/mol. The highest BCUT2D eigenvalue weighted by Crippen LogP contribution is 2.24. The van der Waals surface area contributed by atoms with Gasteiger partial charge in [0.2, 0.25) is 11.8 Å². The number of nitrogens with one attached hydrogen (secondary N) is 2. The van der Waals surface area contributed by atoms with Crippen LogP contribution in [0.25, 0.3) is 0 Å². The van der Waals surface area contributed by atoms with Crippen LogP contribution in [0.1, 0.15) is 44.9 Å². The molecule has 3 rings (SSSR count). The molecule has 6 nitrogen and oxygen atoms in total. The van der Waals surface area contributed by atoms with E-state index in [-0.39, 0.29) is 24.2 Å². The molecule has 0 bridgehead atoms. The molecule has 0 aromatic carbocycles. The van der Waals surface area contributed by atoms with E-state index in [9.17, 15) is 9.59 Å². The van der Waals surface area contributed by atoms with Crippen LogP contribution >= 0.6 is 0 Å². The van der Waals surface area contributed by atoms with Crippen molar-refractivity contribution in [2.75, 3.05) is 29.9 Å². The molecule has 2 N–H and O–H groups in total. The third kappa shape index (κ3) is 4.46. The largest absolute Gasteiger partial charge is 0.357 e. The van der Waals surface area contributed by atoms with Gasteiger partial charge in [0.15, 0.2) is 0 Å². The van der Waals surface area contributed by atoms with Crippen LogP contribution < -0.4 is 15.5 Å². The molecule has 2 amide bonds. The zero-order valence-corrected chi connectivity index (χ0v) is 14.1. The highest BCUT2D eigenvalue weighted by molar-refractivity contribution is 5.91. The smallest absolute Gasteiger partial charge is 0.226 e. The number of amides is 2. The average molecular weight is 330 g/mol. The quantitative estimate of drug-likeness (QED) is 0.839. The molecule has 1 aliphatic heterocycles. The van der Waals surface area contributed by atoms with E-state index in [1.807, 2.05) is 12.1 Å². The molecule has 1 saturated carbocycles. The van der Waals surface area contributed by atoms with Crippen LogP contribution in [-0.4, -0.2) is 36.4 Å². The Hall–Kier alpha value is -2.11. The van der Waals surface area contributed by atoms with Crippen LogP contribution in [0.2, 0.25) is 0 Å². The van der Waals surface area contributed by atoms with Crippen molar-refractivity contribution in [2.45, 2.75) is 44.9 Å². The van der Waals surface area contributed by atoms with Crippen molar-refractivity contribution in [2.24, 2.45) is 5.92 Å². The Labute approximate surface area is 143 Å². The van der Waals surface area contributed by atoms with E-state index < -0.39 is 0 Å². The van der Waals surface area contributed by atoms with E-state index in [1.165, 1.54) is 12.8 Å². The first-order valence-electron chi connectivity index (χ1n) is 9.01. The first-order valence-corrected chi connectivity index (χ1v) is 9.01. The van der Waals surface area contributed by atoms with Crippen molar-refractivity contribution >= 4 is 23.3 Å². The van der Waals surface area contributed by atoms with Gasteiger partial charge in [-0.25, -0.2) is 4.98 Å². The van der Waals surface area contributed by atoms with Gasteiger partial charge in [0.25, 0.3) is 0 Å². The van der Waals surface area contributed by atoms with Crippen LogP contribution in [-0.2, 0) is 9.59 Å². The van der Waals surface area contributed by atoms with E-state index in [0.29, 0.717) is 12.2 Å². The van der Waals surface area contributed by atoms with Crippen LogP contribution in [0.15, 0.2) is 18.3 Å². The molecule has 2 fully saturated rings. The lowest BCUT2D eigenvalue weighted by Gasteiger charge is -2.16. The number of carbonyl (C=O) groups excluding carboxylic acids is 2. The van der Waals surface area contributed by atoms with Gasteiger partial charge in [0.05, 0.1) is 11.9 Å². The molecule has 130 valence electrons. The normalized spacial score (nSPS) is 17.9. The molecule has 2 aliphatic rings. The minimum absolute atomic E-state index is 0.0944. The molecule has 1 aromatic heterocycles. The number of nitrogens with zero attached hydrogens (tertiary/aromatic N) is 2. The molecule has 0 spiro atoms. The molecule has 2 heterocycles. The van der Waals surface area contributed by atoms with Gasteiger partial charge in [-0.2, -0.15) is 0 Å². The zero-order chi connectivity index (χ0) is 16.8. The van der Waals surface area contributed by atoms with Crippen LogP contribution in [0.3, 0.4) is 0 Å². The summed E-state index contributed by atoms with van der Waals surface area (Å²) in [7, 11) is 0. The summed E-state index contributed by atoms with van der Waals surface area (Å²) in [6.45, 7) is 2.50. The van der Waals surface area contributed by atoms with Crippen molar-refractivity contribution < 1.29 is 9.59 Å². The molecule has 0 radical (unpaired) electrons. The van der Waals surface area contributed by atoms with Gasteiger partial charge in [-0.3, -0.25) is 9.59 Å². The van der Waals surface area contributed by atoms with Gasteiger partial charge in [-0.15, -0.1) is 0 Å². The number of anilines is 2. The Balaban J connectivity index is 1.39. The number of aromatic nitrogens is 1. The SMILES string of the molecule is O=C(CCNC(=O)C1CCCC1)Nc1ccc(N2CCCC2)nc1. The molecular formula is C18H26N4O2. The fourth-order valence-electron chi connectivity index (χ4n) is 3.45. The molecule has 1 aliphatic carbocycles. The van der Waals surface area contributed by atoms with Gasteiger partial charge in [0.1, 0.15) is 5.82 Å². The number of hydrogen-bond donors (Lipinski definition) is 2. The van der Waals surface area contributed by atoms with Crippen LogP contribution in [0.4, 0.5) is 11.5 Å². The molecule has 24 heavy (non-hydrogen) atoms. The van der Waals surface area contributed by atoms with E-state index in [1.54, 1.807) is 6.20 Å². The lowest BCUT2D eigenvalue weighted by Crippen LogP contribution is -2.32. The second-order valence-electron chi connectivity index (χ2n) is 6.67. The highest BCUT2D eigenvalue weighted by atomic mass is 16.2. The fraction of sp³-hybridized carbons (Fsp3) is 0.611. The second-order valence-corrected chi connectivity index (χ2v) is 6.67. The number of rotatable bonds is 6. The van der Waals surface area contributed by atoms with Gasteiger partial charge in [-0.05, 0) is 37.8 Å². The Morgan fingerprint density at radius 2 is 1.88 bits per heavy atom. The molecule has 1 aromatic rings. The van der Waals surface area contributed by atoms with Crippen LogP contribution in [0, 0.1) is 5.92 Å². The third-order valence-corrected chi connectivity index (χ3v) is 4.84. The molecule has 6 heteroatoms. The third-order valence-electron chi connectivity index (χ3n) is 4.84. The van der Waals surface area contributed by atoms with Crippen molar-refractivity contribution in [3.63, 3.8) is 0 Å². The van der Waals surface area contributed by atoms with Crippen LogP contribution in [0.5, 0.6) is 0 Å². The number of hydrogen-bond acceptors (Lipinski definition) is 4. The maximum atomic E-state index is 12.0. The van der Waals surface area contributed by atoms with Crippen molar-refractivity contribution in [1.82, 2.24) is 10.3 Å². The predicted molar refractivity (Wildman–Crippen MR) is 93.9 cm³/mol. The van der Waals surface area contributed by atoms with E-state index in [2.05, 4.69) is 20.5 Å². The maximum Gasteiger partial charge on any atom is 0.226 e. The minimum atomic E-state index is -0.0996. The minimum Gasteiger partial charge on any atom is -0.357 e. The Morgan fingerprint density at radius 1 is 1.12 bits per heavy atom. The lowest BCUT2D eigenvalue weighted by atomic mass is 10.1. The Bertz CT molecular complexity index is 561. The maximum absolute atomic E-state index is 12.0. The van der Waals surface area contributed by atoms with Crippen molar-refractivity contribution in [1.29, 1.82) is 0 Å². The van der Waals surface area contributed by atoms with Gasteiger partial charge in [0, 0.05) is 32.0 Å². The first kappa shape index (κ1) is 16.7. The fourth-order valence-corrected chi connectivity index (χ4v) is 3.45. The Kier molecular flexibility index (Phi) is 5.67. The zero-order valence-electron chi connectivity index (χ0n) is 14.1. The summed E-state index contributed by atoms with van der Waals surface area (Å²) in [6, 6.07) is 3.83. The van der Waals surface area contributed by atoms with E-state index in [4.69, 9.17) is 0 Å². The summed E-state index contributed by atoms with van der Waals surface area (Å²) in [5.41, 5.74) is 0.699. The molecule has 0 unspecified atom stereocenters. The summed E-state index contributed by atoms with van der Waals surface area (Å²) < 4.78 is 0. The van der Waals surface area contributed by atoms with Crippen molar-refractivity contribution in [3.8, 4) is 0 Å². The highest BCUT2D eigenvalue weighted by Gasteiger charge is 2.22. The summed E-state index contributed by atoms with van der Waals surface area (Å²) in [6.07, 6.45) is 8.65. The van der Waals surface area contributed by atoms with Gasteiger partial charge < -0.3 is 15.5 Å². The standard InChI is InChI=1S/C18H26N4O2/c23-17(9-10-19-18(24)14-5-1-2-6-14)21-15-7-8-16(20-13-15)22-11-3-4-12-22/h7-8,13-14H,1-6,9-12H2,(H,19,24)(H,21,23). The molecule has 0 atom stereocenters. The summed E-state index contributed by atoms with van der Waals surface area (Å²) >= 11 is 0. The van der Waals surface area contributed by atoms with E-state index >= 15 is 0 Å². The lowest BCUT2D eigenvalue weighted by molar-refractivity contribution is -0.124.